The van der Waals surface area contributed by atoms with E-state index < -0.39 is 0 Å². The van der Waals surface area contributed by atoms with E-state index in [1.54, 1.807) is 42.1 Å². The molecule has 0 radical (unpaired) electrons. The highest BCUT2D eigenvalue weighted by Crippen LogP contribution is 2.30. The fourth-order valence-corrected chi connectivity index (χ4v) is 3.95. The molecule has 158 valence electrons. The quantitative estimate of drug-likeness (QED) is 0.415. The topological polar surface area (TPSA) is 56.1 Å². The molecule has 0 fully saturated rings. The van der Waals surface area contributed by atoms with Crippen LogP contribution in [0.4, 0.5) is 0 Å². The molecule has 4 rings (SSSR count). The lowest BCUT2D eigenvalue weighted by atomic mass is 10.1. The summed E-state index contributed by atoms with van der Waals surface area (Å²) in [6.45, 7) is 3.46. The van der Waals surface area contributed by atoms with E-state index in [4.69, 9.17) is 16.3 Å². The number of aromatic nitrogens is 2. The molecule has 0 amide bonds. The predicted octanol–water partition coefficient (Wildman–Crippen LogP) is 5.03. The van der Waals surface area contributed by atoms with Gasteiger partial charge in [0, 0.05) is 34.4 Å². The molecule has 1 N–H and O–H groups in total. The van der Waals surface area contributed by atoms with E-state index in [-0.39, 0.29) is 5.91 Å². The minimum atomic E-state index is -0.0722. The minimum Gasteiger partial charge on any atom is -0.497 e. The van der Waals surface area contributed by atoms with Gasteiger partial charge < -0.3 is 10.1 Å². The molecule has 4 aromatic rings. The molecule has 0 bridgehead atoms. The van der Waals surface area contributed by atoms with Gasteiger partial charge in [0.05, 0.1) is 18.3 Å². The zero-order chi connectivity index (χ0) is 21.8. The number of benzene rings is 2. The van der Waals surface area contributed by atoms with Crippen LogP contribution in [0.15, 0.2) is 66.9 Å². The smallest absolute Gasteiger partial charge is 0.262 e. The number of hydrogen-bond acceptors (Lipinski definition) is 4. The second-order valence-electron chi connectivity index (χ2n) is 7.34. The number of pyridine rings is 1. The minimum absolute atomic E-state index is 0.0722. The van der Waals surface area contributed by atoms with Gasteiger partial charge in [-0.05, 0) is 80.1 Å². The highest BCUT2D eigenvalue weighted by atomic mass is 35.5. The molecule has 0 aliphatic carbocycles. The second-order valence-corrected chi connectivity index (χ2v) is 7.78. The molecule has 0 saturated heterocycles. The van der Waals surface area contributed by atoms with Crippen molar-refractivity contribution in [2.24, 2.45) is 0 Å². The predicted molar refractivity (Wildman–Crippen MR) is 124 cm³/mol. The van der Waals surface area contributed by atoms with Crippen LogP contribution >= 0.6 is 11.6 Å². The number of hydrogen-bond donors (Lipinski definition) is 1. The lowest BCUT2D eigenvalue weighted by Gasteiger charge is -2.08. The van der Waals surface area contributed by atoms with E-state index in [2.05, 4.69) is 10.3 Å². The van der Waals surface area contributed by atoms with Gasteiger partial charge in [0.15, 0.2) is 0 Å². The van der Waals surface area contributed by atoms with Crippen molar-refractivity contribution in [2.45, 2.75) is 19.9 Å². The zero-order valence-corrected chi connectivity index (χ0v) is 18.3. The van der Waals surface area contributed by atoms with Crippen molar-refractivity contribution in [1.29, 1.82) is 0 Å². The summed E-state index contributed by atoms with van der Waals surface area (Å²) < 4.78 is 7.22. The zero-order valence-electron chi connectivity index (χ0n) is 17.6. The van der Waals surface area contributed by atoms with Gasteiger partial charge in [0.2, 0.25) is 0 Å². The summed E-state index contributed by atoms with van der Waals surface area (Å²) in [4.78, 5) is 17.7. The molecule has 6 heteroatoms. The van der Waals surface area contributed by atoms with Crippen molar-refractivity contribution in [3.05, 3.63) is 94.4 Å². The molecule has 0 atom stereocenters. The van der Waals surface area contributed by atoms with Crippen molar-refractivity contribution in [1.82, 2.24) is 14.9 Å². The molecule has 2 aromatic heterocycles. The largest absolute Gasteiger partial charge is 0.497 e. The van der Waals surface area contributed by atoms with E-state index in [1.165, 1.54) is 0 Å². The highest BCUT2D eigenvalue weighted by molar-refractivity contribution is 6.30. The van der Waals surface area contributed by atoms with Crippen molar-refractivity contribution < 1.29 is 9.53 Å². The van der Waals surface area contributed by atoms with Crippen LogP contribution in [-0.2, 0) is 13.0 Å². The van der Waals surface area contributed by atoms with E-state index in [0.717, 1.165) is 46.6 Å². The molecule has 31 heavy (non-hydrogen) atoms. The van der Waals surface area contributed by atoms with Crippen LogP contribution in [0.1, 0.15) is 27.3 Å². The van der Waals surface area contributed by atoms with Crippen LogP contribution in [0, 0.1) is 6.92 Å². The molecule has 0 saturated carbocycles. The van der Waals surface area contributed by atoms with Crippen LogP contribution < -0.4 is 10.1 Å². The summed E-state index contributed by atoms with van der Waals surface area (Å²) >= 11 is 6.00. The maximum absolute atomic E-state index is 13.3. The SMILES string of the molecule is COc1ccc2c(c1)c(CCNCc1ccccn1)c(C)n2C(=O)c1ccc(Cl)cc1. The fourth-order valence-electron chi connectivity index (χ4n) is 3.82. The maximum atomic E-state index is 13.3. The number of halogens is 1. The second kappa shape index (κ2) is 9.33. The molecule has 0 aliphatic rings. The van der Waals surface area contributed by atoms with Crippen molar-refractivity contribution in [3.63, 3.8) is 0 Å². The summed E-state index contributed by atoms with van der Waals surface area (Å²) in [5, 5.41) is 5.08. The summed E-state index contributed by atoms with van der Waals surface area (Å²) in [5.41, 5.74) is 4.53. The van der Waals surface area contributed by atoms with Gasteiger partial charge in [-0.3, -0.25) is 14.3 Å². The van der Waals surface area contributed by atoms with Crippen molar-refractivity contribution in [3.8, 4) is 5.75 Å². The van der Waals surface area contributed by atoms with Gasteiger partial charge in [-0.25, -0.2) is 0 Å². The maximum Gasteiger partial charge on any atom is 0.262 e. The van der Waals surface area contributed by atoms with Gasteiger partial charge in [0.25, 0.3) is 5.91 Å². The number of ether oxygens (including phenoxy) is 1. The van der Waals surface area contributed by atoms with Crippen molar-refractivity contribution in [2.75, 3.05) is 13.7 Å². The lowest BCUT2D eigenvalue weighted by Crippen LogP contribution is -2.18. The van der Waals surface area contributed by atoms with Gasteiger partial charge >= 0.3 is 0 Å². The molecular weight excluding hydrogens is 410 g/mol. The number of fused-ring (bicyclic) bond motifs is 1. The number of carbonyl (C=O) groups is 1. The highest BCUT2D eigenvalue weighted by Gasteiger charge is 2.20. The Balaban J connectivity index is 1.64. The number of nitrogens with one attached hydrogen (secondary N) is 1. The summed E-state index contributed by atoms with van der Waals surface area (Å²) in [6.07, 6.45) is 2.58. The van der Waals surface area contributed by atoms with Crippen LogP contribution in [0.3, 0.4) is 0 Å². The molecule has 2 aromatic carbocycles. The molecule has 0 aliphatic heterocycles. The molecular formula is C25H24ClN3O2. The number of nitrogens with zero attached hydrogens (tertiary/aromatic N) is 2. The summed E-state index contributed by atoms with van der Waals surface area (Å²) in [5.74, 6) is 0.698. The average Bonchev–Trinajstić information content (AvgIpc) is 3.07. The third-order valence-electron chi connectivity index (χ3n) is 5.42. The van der Waals surface area contributed by atoms with Crippen LogP contribution in [0.25, 0.3) is 10.9 Å². The standard InChI is InChI=1S/C25H24ClN3O2/c1-17-22(12-14-27-16-20-5-3-4-13-28-20)23-15-21(31-2)10-11-24(23)29(17)25(30)18-6-8-19(26)9-7-18/h3-11,13,15,27H,12,14,16H2,1-2H3. The first-order valence-corrected chi connectivity index (χ1v) is 10.5. The van der Waals surface area contributed by atoms with Gasteiger partial charge in [0.1, 0.15) is 5.75 Å². The van der Waals surface area contributed by atoms with E-state index >= 15 is 0 Å². The number of methoxy groups -OCH3 is 1. The Morgan fingerprint density at radius 1 is 1.13 bits per heavy atom. The Labute approximate surface area is 186 Å². The first kappa shape index (κ1) is 21.1. The monoisotopic (exact) mass is 433 g/mol. The first-order valence-electron chi connectivity index (χ1n) is 10.2. The van der Waals surface area contributed by atoms with Crippen LogP contribution in [0.2, 0.25) is 5.02 Å². The van der Waals surface area contributed by atoms with E-state index in [0.29, 0.717) is 17.1 Å². The summed E-state index contributed by atoms with van der Waals surface area (Å²) in [7, 11) is 1.65. The average molecular weight is 434 g/mol. The Bertz CT molecular complexity index is 1200. The Morgan fingerprint density at radius 3 is 2.65 bits per heavy atom. The number of carbonyl (C=O) groups excluding carboxylic acids is 1. The van der Waals surface area contributed by atoms with Gasteiger partial charge in [-0.2, -0.15) is 0 Å². The Hall–Kier alpha value is -3.15. The number of rotatable bonds is 7. The Morgan fingerprint density at radius 2 is 1.94 bits per heavy atom. The van der Waals surface area contributed by atoms with Gasteiger partial charge in [-0.15, -0.1) is 0 Å². The molecule has 0 spiro atoms. The van der Waals surface area contributed by atoms with E-state index in [1.807, 2.05) is 43.3 Å². The first-order chi connectivity index (χ1) is 15.1. The summed E-state index contributed by atoms with van der Waals surface area (Å²) in [6, 6.07) is 18.7. The van der Waals surface area contributed by atoms with Gasteiger partial charge in [-0.1, -0.05) is 17.7 Å². The van der Waals surface area contributed by atoms with Crippen molar-refractivity contribution >= 4 is 28.4 Å². The normalized spacial score (nSPS) is 11.1. The van der Waals surface area contributed by atoms with Crippen LogP contribution in [-0.4, -0.2) is 29.1 Å². The molecule has 0 unspecified atom stereocenters. The third kappa shape index (κ3) is 4.48. The van der Waals surface area contributed by atoms with E-state index in [9.17, 15) is 4.79 Å². The molecule has 5 nitrogen and oxygen atoms in total. The lowest BCUT2D eigenvalue weighted by molar-refractivity contribution is 0.0963. The van der Waals surface area contributed by atoms with Crippen LogP contribution in [0.5, 0.6) is 5.75 Å². The third-order valence-corrected chi connectivity index (χ3v) is 5.67. The molecule has 2 heterocycles. The Kier molecular flexibility index (Phi) is 6.35. The fraction of sp³-hybridized carbons (Fsp3) is 0.200.